The number of aliphatic carboxylic acids is 1. The number of carbonyl (C=O) groups is 2. The number of hydrogen-bond acceptors (Lipinski definition) is 3. The second-order valence-corrected chi connectivity index (χ2v) is 5.85. The Morgan fingerprint density at radius 3 is 2.17 bits per heavy atom. The molecule has 6 heteroatoms. The zero-order valence-corrected chi connectivity index (χ0v) is 11.4. The summed E-state index contributed by atoms with van der Waals surface area (Å²) < 4.78 is 5.87. The Morgan fingerprint density at radius 2 is 1.72 bits per heavy atom. The summed E-state index contributed by atoms with van der Waals surface area (Å²) in [6.45, 7) is 8.88. The summed E-state index contributed by atoms with van der Waals surface area (Å²) in [5, 5.41) is 11.1. The normalized spacial score (nSPS) is 21.4. The number of carbonyl (C=O) groups excluding carboxylic acids is 1. The fourth-order valence-electron chi connectivity index (χ4n) is 2.32. The number of amides is 2. The maximum absolute atomic E-state index is 11.9. The molecule has 1 fully saturated rings. The van der Waals surface area contributed by atoms with E-state index in [9.17, 15) is 9.59 Å². The van der Waals surface area contributed by atoms with Gasteiger partial charge in [-0.1, -0.05) is 0 Å². The second kappa shape index (κ2) is 5.14. The molecule has 2 N–H and O–H groups in total. The molecule has 0 spiro atoms. The number of carboxylic acid groups (broad SMARTS) is 1. The molecule has 1 rings (SSSR count). The molecule has 0 aromatic carbocycles. The van der Waals surface area contributed by atoms with E-state index in [2.05, 4.69) is 5.32 Å². The SMILES string of the molecule is CC1(C)CN(C(=O)NCCC(=O)O)CC(C)(C)O1. The van der Waals surface area contributed by atoms with Crippen LogP contribution in [0.3, 0.4) is 0 Å². The van der Waals surface area contributed by atoms with Crippen molar-refractivity contribution in [3.8, 4) is 0 Å². The van der Waals surface area contributed by atoms with Crippen LogP contribution in [0.4, 0.5) is 4.79 Å². The smallest absolute Gasteiger partial charge is 0.317 e. The van der Waals surface area contributed by atoms with Crippen molar-refractivity contribution >= 4 is 12.0 Å². The van der Waals surface area contributed by atoms with E-state index in [4.69, 9.17) is 9.84 Å². The fraction of sp³-hybridized carbons (Fsp3) is 0.833. The highest BCUT2D eigenvalue weighted by Gasteiger charge is 2.39. The number of ether oxygens (including phenoxy) is 1. The molecule has 6 nitrogen and oxygen atoms in total. The van der Waals surface area contributed by atoms with Crippen molar-refractivity contribution in [3.05, 3.63) is 0 Å². The Labute approximate surface area is 107 Å². The first-order valence-corrected chi connectivity index (χ1v) is 6.06. The number of nitrogens with one attached hydrogen (secondary N) is 1. The van der Waals surface area contributed by atoms with Crippen LogP contribution in [-0.4, -0.2) is 52.8 Å². The lowest BCUT2D eigenvalue weighted by Gasteiger charge is -2.46. The van der Waals surface area contributed by atoms with Gasteiger partial charge in [0.1, 0.15) is 0 Å². The number of morpholine rings is 1. The molecule has 0 atom stereocenters. The first-order valence-electron chi connectivity index (χ1n) is 6.06. The topological polar surface area (TPSA) is 78.9 Å². The van der Waals surface area contributed by atoms with E-state index in [1.165, 1.54) is 0 Å². The van der Waals surface area contributed by atoms with Crippen LogP contribution in [0.15, 0.2) is 0 Å². The van der Waals surface area contributed by atoms with Crippen LogP contribution in [0.25, 0.3) is 0 Å². The van der Waals surface area contributed by atoms with E-state index in [0.717, 1.165) is 0 Å². The zero-order valence-electron chi connectivity index (χ0n) is 11.4. The lowest BCUT2D eigenvalue weighted by molar-refractivity contribution is -0.170. The lowest BCUT2D eigenvalue weighted by atomic mass is 9.99. The molecular formula is C12H22N2O4. The van der Waals surface area contributed by atoms with Crippen LogP contribution >= 0.6 is 0 Å². The summed E-state index contributed by atoms with van der Waals surface area (Å²) >= 11 is 0. The van der Waals surface area contributed by atoms with Gasteiger partial charge in [-0.25, -0.2) is 4.79 Å². The number of nitrogens with zero attached hydrogens (tertiary/aromatic N) is 1. The van der Waals surface area contributed by atoms with E-state index >= 15 is 0 Å². The minimum Gasteiger partial charge on any atom is -0.481 e. The van der Waals surface area contributed by atoms with Gasteiger partial charge in [0.05, 0.1) is 30.7 Å². The first-order chi connectivity index (χ1) is 8.11. The quantitative estimate of drug-likeness (QED) is 0.793. The molecule has 0 radical (unpaired) electrons. The van der Waals surface area contributed by atoms with Crippen molar-refractivity contribution in [2.24, 2.45) is 0 Å². The maximum atomic E-state index is 11.9. The van der Waals surface area contributed by atoms with Crippen LogP contribution in [0, 0.1) is 0 Å². The molecule has 1 heterocycles. The summed E-state index contributed by atoms with van der Waals surface area (Å²) in [5.41, 5.74) is -0.794. The molecule has 1 aliphatic heterocycles. The van der Waals surface area contributed by atoms with Gasteiger partial charge in [0.2, 0.25) is 0 Å². The minimum absolute atomic E-state index is 0.0666. The zero-order chi connectivity index (χ0) is 14.0. The van der Waals surface area contributed by atoms with E-state index in [1.807, 2.05) is 27.7 Å². The van der Waals surface area contributed by atoms with Crippen molar-refractivity contribution < 1.29 is 19.4 Å². The van der Waals surface area contributed by atoms with Crippen molar-refractivity contribution in [1.29, 1.82) is 0 Å². The Balaban J connectivity index is 2.54. The maximum Gasteiger partial charge on any atom is 0.317 e. The molecule has 0 bridgehead atoms. The van der Waals surface area contributed by atoms with Gasteiger partial charge in [0, 0.05) is 6.54 Å². The second-order valence-electron chi connectivity index (χ2n) is 5.85. The number of rotatable bonds is 3. The van der Waals surface area contributed by atoms with Crippen molar-refractivity contribution in [2.45, 2.75) is 45.3 Å². The van der Waals surface area contributed by atoms with Gasteiger partial charge in [0.25, 0.3) is 0 Å². The lowest BCUT2D eigenvalue weighted by Crippen LogP contribution is -2.60. The molecule has 0 unspecified atom stereocenters. The molecule has 0 aromatic rings. The van der Waals surface area contributed by atoms with Gasteiger partial charge in [-0.05, 0) is 27.7 Å². The molecule has 1 aliphatic rings. The Kier molecular flexibility index (Phi) is 4.21. The van der Waals surface area contributed by atoms with E-state index in [-0.39, 0.29) is 19.0 Å². The van der Waals surface area contributed by atoms with Gasteiger partial charge >= 0.3 is 12.0 Å². The molecule has 0 aromatic heterocycles. The third kappa shape index (κ3) is 4.52. The van der Waals surface area contributed by atoms with Gasteiger partial charge in [-0.2, -0.15) is 0 Å². The van der Waals surface area contributed by atoms with Gasteiger partial charge in [-0.15, -0.1) is 0 Å². The van der Waals surface area contributed by atoms with Crippen molar-refractivity contribution in [1.82, 2.24) is 10.2 Å². The molecule has 1 saturated heterocycles. The highest BCUT2D eigenvalue weighted by Crippen LogP contribution is 2.27. The van der Waals surface area contributed by atoms with Gasteiger partial charge in [-0.3, -0.25) is 4.79 Å². The predicted molar refractivity (Wildman–Crippen MR) is 66.5 cm³/mol. The van der Waals surface area contributed by atoms with Crippen LogP contribution in [0.2, 0.25) is 0 Å². The average Bonchev–Trinajstić information content (AvgIpc) is 2.11. The third-order valence-electron chi connectivity index (χ3n) is 2.60. The van der Waals surface area contributed by atoms with Crippen LogP contribution in [0.5, 0.6) is 0 Å². The predicted octanol–water partition coefficient (Wildman–Crippen LogP) is 1.06. The highest BCUT2D eigenvalue weighted by molar-refractivity contribution is 5.75. The number of carboxylic acids is 1. The van der Waals surface area contributed by atoms with Crippen LogP contribution in [-0.2, 0) is 9.53 Å². The third-order valence-corrected chi connectivity index (χ3v) is 2.60. The number of hydrogen-bond donors (Lipinski definition) is 2. The fourth-order valence-corrected chi connectivity index (χ4v) is 2.32. The minimum atomic E-state index is -0.919. The molecule has 2 amide bonds. The monoisotopic (exact) mass is 258 g/mol. The summed E-state index contributed by atoms with van der Waals surface area (Å²) in [5.74, 6) is -0.919. The Morgan fingerprint density at radius 1 is 1.22 bits per heavy atom. The molecule has 0 aliphatic carbocycles. The van der Waals surface area contributed by atoms with Gasteiger partial charge < -0.3 is 20.1 Å². The molecular weight excluding hydrogens is 236 g/mol. The largest absolute Gasteiger partial charge is 0.481 e. The molecule has 104 valence electrons. The Hall–Kier alpha value is -1.30. The van der Waals surface area contributed by atoms with E-state index < -0.39 is 17.2 Å². The first kappa shape index (κ1) is 14.8. The van der Waals surface area contributed by atoms with Crippen LogP contribution in [0.1, 0.15) is 34.1 Å². The van der Waals surface area contributed by atoms with Crippen molar-refractivity contribution in [3.63, 3.8) is 0 Å². The highest BCUT2D eigenvalue weighted by atomic mass is 16.5. The van der Waals surface area contributed by atoms with Crippen LogP contribution < -0.4 is 5.32 Å². The molecule has 18 heavy (non-hydrogen) atoms. The van der Waals surface area contributed by atoms with E-state index in [1.54, 1.807) is 4.90 Å². The summed E-state index contributed by atoms with van der Waals surface area (Å²) in [6.07, 6.45) is -0.0666. The standard InChI is InChI=1S/C12H22N2O4/c1-11(2)7-14(8-12(3,4)18-11)10(17)13-6-5-9(15)16/h5-8H2,1-4H3,(H,13,17)(H,15,16). The molecule has 0 saturated carbocycles. The Bertz CT molecular complexity index is 323. The summed E-state index contributed by atoms with van der Waals surface area (Å²) in [7, 11) is 0. The summed E-state index contributed by atoms with van der Waals surface area (Å²) in [6, 6.07) is -0.235. The van der Waals surface area contributed by atoms with Gasteiger partial charge in [0.15, 0.2) is 0 Å². The number of urea groups is 1. The van der Waals surface area contributed by atoms with Crippen molar-refractivity contribution in [2.75, 3.05) is 19.6 Å². The average molecular weight is 258 g/mol. The van der Waals surface area contributed by atoms with E-state index in [0.29, 0.717) is 13.1 Å². The summed E-state index contributed by atoms with van der Waals surface area (Å²) in [4.78, 5) is 24.0.